The fourth-order valence-electron chi connectivity index (χ4n) is 3.20. The number of urea groups is 1. The molecule has 1 aliphatic heterocycles. The Labute approximate surface area is 160 Å². The summed E-state index contributed by atoms with van der Waals surface area (Å²) < 4.78 is 30.8. The van der Waals surface area contributed by atoms with Crippen molar-refractivity contribution in [3.05, 3.63) is 58.3 Å². The van der Waals surface area contributed by atoms with Crippen LogP contribution in [0.15, 0.2) is 41.6 Å². The maximum Gasteiger partial charge on any atom is 0.320 e. The molecular formula is C20H18F2N4O2. The van der Waals surface area contributed by atoms with Crippen LogP contribution in [-0.4, -0.2) is 21.5 Å². The highest BCUT2D eigenvalue weighted by molar-refractivity contribution is 5.95. The van der Waals surface area contributed by atoms with Crippen LogP contribution < -0.4 is 16.2 Å². The molecule has 4 rings (SSSR count). The zero-order valence-corrected chi connectivity index (χ0v) is 15.1. The molecule has 1 fully saturated rings. The Hall–Kier alpha value is -3.21. The first-order valence-corrected chi connectivity index (χ1v) is 8.92. The van der Waals surface area contributed by atoms with Gasteiger partial charge < -0.3 is 10.6 Å². The van der Waals surface area contributed by atoms with E-state index >= 15 is 0 Å². The summed E-state index contributed by atoms with van der Waals surface area (Å²) in [5, 5.41) is 4.93. The molecule has 2 aliphatic rings. The third kappa shape index (κ3) is 3.24. The third-order valence-corrected chi connectivity index (χ3v) is 4.88. The molecule has 1 aromatic carbocycles. The zero-order valence-electron chi connectivity index (χ0n) is 15.1. The number of carbonyl (C=O) groups excluding carboxylic acids is 1. The lowest BCUT2D eigenvalue weighted by Crippen LogP contribution is -2.59. The summed E-state index contributed by atoms with van der Waals surface area (Å²) in [4.78, 5) is 28.0. The number of nitrogens with zero attached hydrogens (tertiary/aromatic N) is 2. The Morgan fingerprint density at radius 3 is 2.79 bits per heavy atom. The molecule has 1 unspecified atom stereocenters. The molecule has 2 heterocycles. The SMILES string of the molecule is CC(F)(F)C1(C#CC2CC2)NC(=O)Nc2cc(Cn3cnccc3=O)ccc21. The zero-order chi connectivity index (χ0) is 19.9. The predicted octanol–water partition coefficient (Wildman–Crippen LogP) is 2.69. The van der Waals surface area contributed by atoms with Gasteiger partial charge in [-0.1, -0.05) is 24.0 Å². The van der Waals surface area contributed by atoms with Gasteiger partial charge in [-0.05, 0) is 24.5 Å². The largest absolute Gasteiger partial charge is 0.320 e. The highest BCUT2D eigenvalue weighted by atomic mass is 19.3. The molecule has 2 amide bonds. The van der Waals surface area contributed by atoms with Gasteiger partial charge in [0.05, 0.1) is 12.9 Å². The molecule has 8 heteroatoms. The number of aromatic nitrogens is 2. The second kappa shape index (κ2) is 6.44. The predicted molar refractivity (Wildman–Crippen MR) is 99.0 cm³/mol. The number of rotatable bonds is 3. The quantitative estimate of drug-likeness (QED) is 0.799. The Bertz CT molecular complexity index is 1060. The second-order valence-electron chi connectivity index (χ2n) is 7.19. The van der Waals surface area contributed by atoms with Crippen molar-refractivity contribution in [1.82, 2.24) is 14.9 Å². The van der Waals surface area contributed by atoms with Crippen molar-refractivity contribution in [3.63, 3.8) is 0 Å². The van der Waals surface area contributed by atoms with Crippen molar-refractivity contribution in [1.29, 1.82) is 0 Å². The molecule has 1 atom stereocenters. The number of nitrogens with one attached hydrogen (secondary N) is 2. The lowest BCUT2D eigenvalue weighted by molar-refractivity contribution is -0.0464. The van der Waals surface area contributed by atoms with Gasteiger partial charge in [0.2, 0.25) is 0 Å². The monoisotopic (exact) mass is 384 g/mol. The van der Waals surface area contributed by atoms with Gasteiger partial charge in [-0.15, -0.1) is 0 Å². The average Bonchev–Trinajstić information content (AvgIpc) is 3.44. The molecule has 28 heavy (non-hydrogen) atoms. The maximum atomic E-state index is 14.7. The van der Waals surface area contributed by atoms with Crippen molar-refractivity contribution in [2.45, 2.75) is 37.8 Å². The number of carbonyl (C=O) groups is 1. The summed E-state index contributed by atoms with van der Waals surface area (Å²) >= 11 is 0. The Kier molecular flexibility index (Phi) is 4.18. The van der Waals surface area contributed by atoms with Crippen LogP contribution in [-0.2, 0) is 12.1 Å². The van der Waals surface area contributed by atoms with Gasteiger partial charge in [0.25, 0.3) is 11.5 Å². The van der Waals surface area contributed by atoms with Gasteiger partial charge in [-0.25, -0.2) is 18.6 Å². The van der Waals surface area contributed by atoms with E-state index in [0.29, 0.717) is 5.56 Å². The number of amides is 2. The standard InChI is InChI=1S/C20H18F2N4O2/c1-19(21,22)20(8-6-13-2-3-13)15-5-4-14(10-16(15)24-18(28)25-20)11-26-12-23-9-7-17(26)27/h4-5,7,9-10,12-13H,2-3,11H2,1H3,(H2,24,25,28). The molecule has 144 valence electrons. The topological polar surface area (TPSA) is 76.0 Å². The van der Waals surface area contributed by atoms with Crippen molar-refractivity contribution in [2.24, 2.45) is 5.92 Å². The highest BCUT2D eigenvalue weighted by Gasteiger charge is 2.55. The summed E-state index contributed by atoms with van der Waals surface area (Å²) in [5.41, 5.74) is -1.21. The normalized spacial score (nSPS) is 21.0. The van der Waals surface area contributed by atoms with Crippen LogP contribution in [0.3, 0.4) is 0 Å². The van der Waals surface area contributed by atoms with E-state index in [2.05, 4.69) is 27.5 Å². The minimum atomic E-state index is -3.30. The van der Waals surface area contributed by atoms with E-state index in [4.69, 9.17) is 0 Å². The van der Waals surface area contributed by atoms with Crippen LogP contribution in [0, 0.1) is 17.8 Å². The minimum Gasteiger partial charge on any atom is -0.312 e. The number of benzene rings is 1. The van der Waals surface area contributed by atoms with Crippen LogP contribution in [0.2, 0.25) is 0 Å². The third-order valence-electron chi connectivity index (χ3n) is 4.88. The van der Waals surface area contributed by atoms with E-state index in [-0.39, 0.29) is 29.3 Å². The molecule has 0 spiro atoms. The van der Waals surface area contributed by atoms with Gasteiger partial charge in [0.15, 0.2) is 5.54 Å². The molecule has 1 aromatic heterocycles. The number of halogens is 2. The van der Waals surface area contributed by atoms with Gasteiger partial charge in [-0.2, -0.15) is 0 Å². The Morgan fingerprint density at radius 1 is 1.32 bits per heavy atom. The summed E-state index contributed by atoms with van der Waals surface area (Å²) in [6.45, 7) is 0.958. The van der Waals surface area contributed by atoms with Crippen LogP contribution >= 0.6 is 0 Å². The van der Waals surface area contributed by atoms with Crippen molar-refractivity contribution in [3.8, 4) is 11.8 Å². The van der Waals surface area contributed by atoms with Crippen LogP contribution in [0.1, 0.15) is 30.9 Å². The number of fused-ring (bicyclic) bond motifs is 1. The molecule has 2 N–H and O–H groups in total. The fourth-order valence-corrected chi connectivity index (χ4v) is 3.20. The smallest absolute Gasteiger partial charge is 0.312 e. The molecule has 1 aliphatic carbocycles. The van der Waals surface area contributed by atoms with E-state index in [1.165, 1.54) is 29.2 Å². The Balaban J connectivity index is 1.78. The van der Waals surface area contributed by atoms with E-state index in [9.17, 15) is 18.4 Å². The molecule has 0 saturated heterocycles. The summed E-state index contributed by atoms with van der Waals surface area (Å²) in [7, 11) is 0. The summed E-state index contributed by atoms with van der Waals surface area (Å²) in [5.74, 6) is 2.34. The fraction of sp³-hybridized carbons (Fsp3) is 0.350. The van der Waals surface area contributed by atoms with E-state index < -0.39 is 17.5 Å². The van der Waals surface area contributed by atoms with Gasteiger partial charge in [-0.3, -0.25) is 9.36 Å². The molecule has 6 nitrogen and oxygen atoms in total. The first-order valence-electron chi connectivity index (χ1n) is 8.92. The average molecular weight is 384 g/mol. The van der Waals surface area contributed by atoms with Crippen LogP contribution in [0.4, 0.5) is 19.3 Å². The maximum absolute atomic E-state index is 14.7. The van der Waals surface area contributed by atoms with E-state index in [0.717, 1.165) is 19.8 Å². The first-order chi connectivity index (χ1) is 13.3. The van der Waals surface area contributed by atoms with Gasteiger partial charge >= 0.3 is 6.03 Å². The molecule has 2 aromatic rings. The highest BCUT2D eigenvalue weighted by Crippen LogP contribution is 2.43. The van der Waals surface area contributed by atoms with Crippen LogP contribution in [0.5, 0.6) is 0 Å². The molecule has 1 saturated carbocycles. The van der Waals surface area contributed by atoms with Crippen molar-refractivity contribution < 1.29 is 13.6 Å². The van der Waals surface area contributed by atoms with Gasteiger partial charge in [0, 0.05) is 36.4 Å². The Morgan fingerprint density at radius 2 is 2.11 bits per heavy atom. The second-order valence-corrected chi connectivity index (χ2v) is 7.19. The number of anilines is 1. The van der Waals surface area contributed by atoms with Crippen molar-refractivity contribution >= 4 is 11.7 Å². The number of hydrogen-bond acceptors (Lipinski definition) is 3. The lowest BCUT2D eigenvalue weighted by atomic mass is 9.81. The van der Waals surface area contributed by atoms with Gasteiger partial charge in [0.1, 0.15) is 0 Å². The molecule has 0 radical (unpaired) electrons. The summed E-state index contributed by atoms with van der Waals surface area (Å²) in [6.07, 6.45) is 4.56. The van der Waals surface area contributed by atoms with Crippen LogP contribution in [0.25, 0.3) is 0 Å². The van der Waals surface area contributed by atoms with E-state index in [1.807, 2.05) is 0 Å². The molecular weight excluding hydrogens is 366 g/mol. The lowest BCUT2D eigenvalue weighted by Gasteiger charge is -2.40. The minimum absolute atomic E-state index is 0.103. The molecule has 0 bridgehead atoms. The number of alkyl halides is 2. The van der Waals surface area contributed by atoms with E-state index in [1.54, 1.807) is 12.1 Å². The van der Waals surface area contributed by atoms with Crippen molar-refractivity contribution in [2.75, 3.05) is 5.32 Å². The first kappa shape index (κ1) is 18.2. The summed E-state index contributed by atoms with van der Waals surface area (Å²) in [6, 6.07) is 5.36. The number of hydrogen-bond donors (Lipinski definition) is 2.